The molecule has 1 fully saturated rings. The molecule has 1 aliphatic carbocycles. The van der Waals surface area contributed by atoms with E-state index in [1.54, 1.807) is 17.4 Å². The maximum Gasteiger partial charge on any atom is 0.412 e. The van der Waals surface area contributed by atoms with Crippen molar-refractivity contribution in [1.29, 1.82) is 0 Å². The van der Waals surface area contributed by atoms with Crippen LogP contribution >= 0.6 is 34.2 Å². The minimum absolute atomic E-state index is 0.404. The van der Waals surface area contributed by atoms with Gasteiger partial charge in [-0.15, -0.1) is 22.7 Å². The van der Waals surface area contributed by atoms with Crippen molar-refractivity contribution in [2.75, 3.05) is 5.32 Å². The Kier molecular flexibility index (Phi) is 6.72. The van der Waals surface area contributed by atoms with Crippen molar-refractivity contribution < 1.29 is 23.8 Å². The lowest BCUT2D eigenvalue weighted by Crippen LogP contribution is -2.21. The fourth-order valence-electron chi connectivity index (χ4n) is 4.96. The van der Waals surface area contributed by atoms with Gasteiger partial charge in [-0.05, 0) is 86.1 Å². The fourth-order valence-corrected chi connectivity index (χ4v) is 8.31. The Morgan fingerprint density at radius 3 is 2.40 bits per heavy atom. The number of nitrogens with zero attached hydrogens (tertiary/aromatic N) is 1. The number of ether oxygens (including phenoxy) is 1. The van der Waals surface area contributed by atoms with Gasteiger partial charge in [-0.25, -0.2) is 9.18 Å². The average molecular weight is 593 g/mol. The zero-order valence-electron chi connectivity index (χ0n) is 21.9. The molecule has 40 heavy (non-hydrogen) atoms. The van der Waals surface area contributed by atoms with Crippen molar-refractivity contribution in [3.05, 3.63) is 82.8 Å². The second-order valence-corrected chi connectivity index (χ2v) is 13.0. The summed E-state index contributed by atoms with van der Waals surface area (Å²) in [4.78, 5) is 27.1. The molecular formula is C30H25FN2O4S3. The van der Waals surface area contributed by atoms with Crippen molar-refractivity contribution in [2.24, 2.45) is 0 Å². The second kappa shape index (κ2) is 10.1. The van der Waals surface area contributed by atoms with Crippen LogP contribution in [0.15, 0.2) is 54.6 Å². The van der Waals surface area contributed by atoms with Crippen molar-refractivity contribution in [3.8, 4) is 20.2 Å². The molecule has 3 heterocycles. The normalized spacial score (nSPS) is 14.7. The van der Waals surface area contributed by atoms with E-state index in [-0.39, 0.29) is 0 Å². The van der Waals surface area contributed by atoms with Gasteiger partial charge in [0.1, 0.15) is 11.9 Å². The summed E-state index contributed by atoms with van der Waals surface area (Å²) < 4.78 is 27.3. The van der Waals surface area contributed by atoms with E-state index >= 15 is 4.39 Å². The Labute approximate surface area is 242 Å². The first-order chi connectivity index (χ1) is 19.2. The van der Waals surface area contributed by atoms with Crippen LogP contribution in [0.1, 0.15) is 48.3 Å². The Balaban J connectivity index is 1.24. The number of carboxylic acid groups (broad SMARTS) is 1. The van der Waals surface area contributed by atoms with Gasteiger partial charge in [-0.2, -0.15) is 4.37 Å². The summed E-state index contributed by atoms with van der Waals surface area (Å²) in [6, 6.07) is 16.7. The number of carbonyl (C=O) groups is 2. The summed E-state index contributed by atoms with van der Waals surface area (Å²) in [6.45, 7) is 5.52. The van der Waals surface area contributed by atoms with Gasteiger partial charge in [0.25, 0.3) is 0 Å². The zero-order valence-corrected chi connectivity index (χ0v) is 24.4. The number of nitrogens with one attached hydrogen (secondary N) is 1. The van der Waals surface area contributed by atoms with E-state index in [2.05, 4.69) is 9.69 Å². The Hall–Kier alpha value is -3.60. The molecule has 0 radical (unpaired) electrons. The van der Waals surface area contributed by atoms with Crippen LogP contribution in [0.4, 0.5) is 14.9 Å². The molecule has 2 N–H and O–H groups in total. The first-order valence-corrected chi connectivity index (χ1v) is 15.1. The molecule has 0 saturated heterocycles. The van der Waals surface area contributed by atoms with Gasteiger partial charge >= 0.3 is 12.1 Å². The lowest BCUT2D eigenvalue weighted by Gasteiger charge is -2.15. The molecule has 6 rings (SSSR count). The van der Waals surface area contributed by atoms with Crippen LogP contribution in [0, 0.1) is 19.7 Å². The number of benzene rings is 2. The smallest absolute Gasteiger partial charge is 0.412 e. The maximum absolute atomic E-state index is 15.3. The Morgan fingerprint density at radius 1 is 1.05 bits per heavy atom. The topological polar surface area (TPSA) is 88.5 Å². The van der Waals surface area contributed by atoms with Gasteiger partial charge in [-0.3, -0.25) is 10.1 Å². The molecule has 5 aromatic rings. The number of aromatic nitrogens is 1. The summed E-state index contributed by atoms with van der Waals surface area (Å²) >= 11 is 4.34. The van der Waals surface area contributed by atoms with Crippen molar-refractivity contribution >= 4 is 61.4 Å². The molecule has 1 amide bonds. The summed E-state index contributed by atoms with van der Waals surface area (Å²) in [5.74, 6) is -1.30. The molecule has 1 saturated carbocycles. The number of carbonyl (C=O) groups excluding carboxylic acids is 1. The fraction of sp³-hybridized carbons (Fsp3) is 0.233. The van der Waals surface area contributed by atoms with Gasteiger partial charge in [0.2, 0.25) is 0 Å². The number of anilines is 1. The highest BCUT2D eigenvalue weighted by molar-refractivity contribution is 7.32. The van der Waals surface area contributed by atoms with Crippen molar-refractivity contribution in [3.63, 3.8) is 0 Å². The molecule has 1 atom stereocenters. The minimum Gasteiger partial charge on any atom is -0.481 e. The number of aliphatic carboxylic acids is 1. The summed E-state index contributed by atoms with van der Waals surface area (Å²) in [5.41, 5.74) is 3.12. The number of rotatable bonds is 7. The quantitative estimate of drug-likeness (QED) is 0.197. The number of hydrogen-bond acceptors (Lipinski definition) is 7. The van der Waals surface area contributed by atoms with E-state index in [1.807, 2.05) is 63.2 Å². The third-order valence-corrected chi connectivity index (χ3v) is 10.8. The largest absolute Gasteiger partial charge is 0.481 e. The number of carboxylic acids is 1. The molecule has 0 bridgehead atoms. The predicted molar refractivity (Wildman–Crippen MR) is 159 cm³/mol. The number of fused-ring (bicyclic) bond motifs is 1. The molecule has 6 nitrogen and oxygen atoms in total. The van der Waals surface area contributed by atoms with Gasteiger partial charge < -0.3 is 9.84 Å². The second-order valence-electron chi connectivity index (χ2n) is 10.0. The third kappa shape index (κ3) is 4.70. The molecule has 1 unspecified atom stereocenters. The minimum atomic E-state index is -0.946. The Bertz CT molecular complexity index is 1740. The van der Waals surface area contributed by atoms with Gasteiger partial charge in [0, 0.05) is 19.8 Å². The van der Waals surface area contributed by atoms with Crippen LogP contribution < -0.4 is 5.32 Å². The maximum atomic E-state index is 15.3. The zero-order chi connectivity index (χ0) is 28.2. The molecule has 3 aromatic heterocycles. The van der Waals surface area contributed by atoms with Crippen LogP contribution in [-0.2, 0) is 14.9 Å². The number of thiophene rings is 2. The summed E-state index contributed by atoms with van der Waals surface area (Å²) in [5, 5.41) is 12.5. The van der Waals surface area contributed by atoms with Crippen molar-refractivity contribution in [2.45, 2.75) is 45.1 Å². The van der Waals surface area contributed by atoms with E-state index in [1.165, 1.54) is 28.9 Å². The SMILES string of the molecule is Cc1cc(-c2cc3sc(-c4snc(C)c4NC(=O)OC(C)c4ccccc4)cc3s2)c(F)cc1C1(C(=O)O)CC1. The standard InChI is InChI=1S/C30H25FN2O4S3/c1-15-11-19(21(31)12-20(15)30(9-10-30)28(34)35)22-13-23-24(38-22)14-25(39-23)27-26(16(2)33-40-27)32-29(36)37-17(3)18-7-5-4-6-8-18/h4-8,11-14,17H,9-10H2,1-3H3,(H,32,36)(H,34,35). The van der Waals surface area contributed by atoms with E-state index in [9.17, 15) is 14.7 Å². The average Bonchev–Trinajstić information content (AvgIpc) is 3.34. The molecule has 10 heteroatoms. The first-order valence-electron chi connectivity index (χ1n) is 12.7. The van der Waals surface area contributed by atoms with E-state index < -0.39 is 29.4 Å². The molecule has 0 spiro atoms. The molecular weight excluding hydrogens is 568 g/mol. The Morgan fingerprint density at radius 2 is 1.73 bits per heavy atom. The van der Waals surface area contributed by atoms with Crippen LogP contribution in [0.25, 0.3) is 29.6 Å². The lowest BCUT2D eigenvalue weighted by molar-refractivity contribution is -0.140. The highest BCUT2D eigenvalue weighted by atomic mass is 32.1. The summed E-state index contributed by atoms with van der Waals surface area (Å²) in [6.07, 6.45) is 0.125. The van der Waals surface area contributed by atoms with Crippen LogP contribution in [-0.4, -0.2) is 21.5 Å². The van der Waals surface area contributed by atoms with E-state index in [4.69, 9.17) is 4.74 Å². The molecule has 2 aromatic carbocycles. The van der Waals surface area contributed by atoms with Gasteiger partial charge in [0.05, 0.1) is 26.6 Å². The number of aryl methyl sites for hydroxylation is 2. The molecule has 0 aliphatic heterocycles. The van der Waals surface area contributed by atoms with Crippen molar-refractivity contribution in [1.82, 2.24) is 4.37 Å². The first kappa shape index (κ1) is 26.6. The van der Waals surface area contributed by atoms with E-state index in [0.29, 0.717) is 35.3 Å². The van der Waals surface area contributed by atoms with Gasteiger partial charge in [0.15, 0.2) is 0 Å². The molecule has 204 valence electrons. The third-order valence-electron chi connectivity index (χ3n) is 7.33. The van der Waals surface area contributed by atoms with Crippen LogP contribution in [0.2, 0.25) is 0 Å². The van der Waals surface area contributed by atoms with Crippen LogP contribution in [0.3, 0.4) is 0 Å². The van der Waals surface area contributed by atoms with Crippen LogP contribution in [0.5, 0.6) is 0 Å². The number of amides is 1. The molecule has 1 aliphatic rings. The van der Waals surface area contributed by atoms with E-state index in [0.717, 1.165) is 35.2 Å². The number of hydrogen-bond donors (Lipinski definition) is 2. The monoisotopic (exact) mass is 592 g/mol. The highest BCUT2D eigenvalue weighted by Gasteiger charge is 2.52. The highest BCUT2D eigenvalue weighted by Crippen LogP contribution is 2.51. The summed E-state index contributed by atoms with van der Waals surface area (Å²) in [7, 11) is 0. The van der Waals surface area contributed by atoms with Gasteiger partial charge in [-0.1, -0.05) is 30.3 Å². The predicted octanol–water partition coefficient (Wildman–Crippen LogP) is 8.94. The number of halogens is 1. The lowest BCUT2D eigenvalue weighted by atomic mass is 9.90.